The minimum atomic E-state index is -0.669. The van der Waals surface area contributed by atoms with Crippen molar-refractivity contribution in [3.05, 3.63) is 0 Å². The van der Waals surface area contributed by atoms with Crippen LogP contribution in [0.2, 0.25) is 0 Å². The fourth-order valence-corrected chi connectivity index (χ4v) is 1.72. The molecule has 1 aliphatic heterocycles. The lowest BCUT2D eigenvalue weighted by Gasteiger charge is -2.22. The molecule has 1 aliphatic rings. The van der Waals surface area contributed by atoms with Crippen LogP contribution in [0, 0.1) is 0 Å². The molecule has 0 aromatic rings. The number of nitrogens with two attached hydrogens (primary N) is 1. The molecular formula is C10H17BrN2O3. The first-order chi connectivity index (χ1) is 7.28. The maximum atomic E-state index is 11.6. The summed E-state index contributed by atoms with van der Waals surface area (Å²) in [5, 5.41) is 3.73. The van der Waals surface area contributed by atoms with Crippen molar-refractivity contribution >= 4 is 26.5 Å². The molecule has 5 nitrogen and oxygen atoms in total. The van der Waals surface area contributed by atoms with Crippen molar-refractivity contribution in [1.82, 2.24) is 0 Å². The van der Waals surface area contributed by atoms with Crippen LogP contribution >= 0.6 is 15.9 Å². The molecule has 0 unspecified atom stereocenters. The molecule has 2 atom stereocenters. The number of esters is 1. The molecule has 2 N–H and O–H groups in total. The lowest BCUT2D eigenvalue weighted by Crippen LogP contribution is -2.39. The molecule has 1 rings (SSSR count). The third-order valence-corrected chi connectivity index (χ3v) is 2.39. The van der Waals surface area contributed by atoms with Gasteiger partial charge in [-0.3, -0.25) is 4.79 Å². The fourth-order valence-electron chi connectivity index (χ4n) is 1.28. The minimum absolute atomic E-state index is 0.142. The van der Waals surface area contributed by atoms with Crippen LogP contribution in [0.1, 0.15) is 33.6 Å². The molecule has 0 saturated heterocycles. The van der Waals surface area contributed by atoms with Gasteiger partial charge in [-0.05, 0) is 36.7 Å². The molecule has 0 aromatic carbocycles. The Morgan fingerprint density at radius 1 is 1.75 bits per heavy atom. The number of hydrogen-bond acceptors (Lipinski definition) is 5. The highest BCUT2D eigenvalue weighted by molar-refractivity contribution is 9.18. The van der Waals surface area contributed by atoms with Gasteiger partial charge < -0.3 is 15.3 Å². The molecule has 0 amide bonds. The topological polar surface area (TPSA) is 73.9 Å². The summed E-state index contributed by atoms with van der Waals surface area (Å²) in [6.07, 6.45) is 0.918. The molecular weight excluding hydrogens is 276 g/mol. The summed E-state index contributed by atoms with van der Waals surface area (Å²) in [4.78, 5) is 16.6. The van der Waals surface area contributed by atoms with Crippen LogP contribution in [0.15, 0.2) is 5.16 Å². The third kappa shape index (κ3) is 4.49. The van der Waals surface area contributed by atoms with Crippen LogP contribution in [0.25, 0.3) is 0 Å². The van der Waals surface area contributed by atoms with E-state index in [1.54, 1.807) is 0 Å². The predicted molar refractivity (Wildman–Crippen MR) is 64.3 cm³/mol. The highest BCUT2D eigenvalue weighted by Gasteiger charge is 2.28. The second kappa shape index (κ2) is 5.14. The molecule has 0 aromatic heterocycles. The number of nitrogens with zero attached hydrogens (tertiary/aromatic N) is 1. The van der Waals surface area contributed by atoms with Gasteiger partial charge >= 0.3 is 5.97 Å². The van der Waals surface area contributed by atoms with E-state index in [1.807, 2.05) is 20.8 Å². The molecule has 0 aliphatic carbocycles. The van der Waals surface area contributed by atoms with E-state index in [2.05, 4.69) is 21.1 Å². The van der Waals surface area contributed by atoms with Crippen LogP contribution in [0.5, 0.6) is 0 Å². The van der Waals surface area contributed by atoms with Crippen LogP contribution in [-0.4, -0.2) is 28.3 Å². The minimum Gasteiger partial charge on any atom is -0.459 e. The number of carbonyl (C=O) groups excluding carboxylic acids is 1. The zero-order valence-corrected chi connectivity index (χ0v) is 11.3. The number of rotatable bonds is 3. The fraction of sp³-hybridized carbons (Fsp3) is 0.800. The summed E-state index contributed by atoms with van der Waals surface area (Å²) in [6, 6.07) is -0.669. The molecule has 0 spiro atoms. The Hall–Kier alpha value is -0.620. The predicted octanol–water partition coefficient (Wildman–Crippen LogP) is 1.54. The van der Waals surface area contributed by atoms with E-state index in [0.717, 1.165) is 4.62 Å². The highest BCUT2D eigenvalue weighted by atomic mass is 79.9. The van der Waals surface area contributed by atoms with Gasteiger partial charge in [-0.2, -0.15) is 0 Å². The van der Waals surface area contributed by atoms with Gasteiger partial charge in [0.25, 0.3) is 0 Å². The lowest BCUT2D eigenvalue weighted by molar-refractivity contribution is -0.157. The summed E-state index contributed by atoms with van der Waals surface area (Å²) in [5.74, 6) is -0.404. The molecule has 6 heteroatoms. The van der Waals surface area contributed by atoms with E-state index in [9.17, 15) is 4.79 Å². The zero-order valence-electron chi connectivity index (χ0n) is 9.70. The molecule has 92 valence electrons. The van der Waals surface area contributed by atoms with Gasteiger partial charge in [-0.25, -0.2) is 0 Å². The first-order valence-electron chi connectivity index (χ1n) is 5.14. The smallest absolute Gasteiger partial charge is 0.323 e. The van der Waals surface area contributed by atoms with E-state index >= 15 is 0 Å². The lowest BCUT2D eigenvalue weighted by atomic mass is 10.1. The van der Waals surface area contributed by atoms with E-state index in [-0.39, 0.29) is 6.10 Å². The number of oxime groups is 1. The first-order valence-corrected chi connectivity index (χ1v) is 5.94. The van der Waals surface area contributed by atoms with E-state index in [0.29, 0.717) is 12.8 Å². The van der Waals surface area contributed by atoms with Gasteiger partial charge in [0.2, 0.25) is 0 Å². The van der Waals surface area contributed by atoms with Crippen molar-refractivity contribution in [2.45, 2.75) is 51.4 Å². The molecule has 0 bridgehead atoms. The van der Waals surface area contributed by atoms with Crippen molar-refractivity contribution in [3.8, 4) is 0 Å². The number of ether oxygens (including phenoxy) is 1. The Balaban J connectivity index is 2.35. The van der Waals surface area contributed by atoms with Crippen LogP contribution in [-0.2, 0) is 14.4 Å². The Labute approximate surface area is 103 Å². The molecule has 16 heavy (non-hydrogen) atoms. The Morgan fingerprint density at radius 3 is 2.81 bits per heavy atom. The van der Waals surface area contributed by atoms with Crippen LogP contribution < -0.4 is 5.73 Å². The summed E-state index contributed by atoms with van der Waals surface area (Å²) >= 11 is 3.22. The normalized spacial score (nSPS) is 22.3. The summed E-state index contributed by atoms with van der Waals surface area (Å²) in [6.45, 7) is 5.43. The molecule has 0 fully saturated rings. The van der Waals surface area contributed by atoms with Crippen LogP contribution in [0.3, 0.4) is 0 Å². The summed E-state index contributed by atoms with van der Waals surface area (Å²) in [7, 11) is 0. The van der Waals surface area contributed by atoms with Crippen molar-refractivity contribution < 1.29 is 14.4 Å². The third-order valence-electron chi connectivity index (χ3n) is 1.92. The molecule has 1 heterocycles. The van der Waals surface area contributed by atoms with Gasteiger partial charge in [-0.15, -0.1) is 0 Å². The van der Waals surface area contributed by atoms with Gasteiger partial charge in [0.15, 0.2) is 0 Å². The number of carbonyl (C=O) groups is 1. The zero-order chi connectivity index (χ0) is 12.3. The van der Waals surface area contributed by atoms with E-state index in [4.69, 9.17) is 15.3 Å². The van der Waals surface area contributed by atoms with E-state index < -0.39 is 17.6 Å². The summed E-state index contributed by atoms with van der Waals surface area (Å²) < 4.78 is 5.91. The second-order valence-corrected chi connectivity index (χ2v) is 5.69. The Bertz CT molecular complexity index is 299. The van der Waals surface area contributed by atoms with Crippen molar-refractivity contribution in [3.63, 3.8) is 0 Å². The first kappa shape index (κ1) is 13.4. The van der Waals surface area contributed by atoms with E-state index in [1.165, 1.54) is 0 Å². The summed E-state index contributed by atoms with van der Waals surface area (Å²) in [5.41, 5.74) is 5.22. The Morgan fingerprint density at radius 2 is 2.38 bits per heavy atom. The van der Waals surface area contributed by atoms with Crippen molar-refractivity contribution in [2.24, 2.45) is 10.9 Å². The standard InChI is InChI=1S/C10H17BrN2O3/c1-10(2,3)15-9(14)7(12)4-6-5-8(11)13-16-6/h6-7H,4-5,12H2,1-3H3/t6-,7-/m1/s1. The van der Waals surface area contributed by atoms with Gasteiger partial charge in [0, 0.05) is 12.8 Å². The number of halogens is 1. The van der Waals surface area contributed by atoms with Gasteiger partial charge in [0.1, 0.15) is 22.4 Å². The average molecular weight is 293 g/mol. The quantitative estimate of drug-likeness (QED) is 0.801. The highest BCUT2D eigenvalue weighted by Crippen LogP contribution is 2.19. The maximum Gasteiger partial charge on any atom is 0.323 e. The number of hydrogen-bond donors (Lipinski definition) is 1. The van der Waals surface area contributed by atoms with Crippen molar-refractivity contribution in [1.29, 1.82) is 0 Å². The van der Waals surface area contributed by atoms with Gasteiger partial charge in [-0.1, -0.05) is 5.16 Å². The molecule has 0 saturated carbocycles. The monoisotopic (exact) mass is 292 g/mol. The SMILES string of the molecule is CC(C)(C)OC(=O)[C@H](N)C[C@@H]1CC(Br)=NO1. The van der Waals surface area contributed by atoms with Crippen molar-refractivity contribution in [2.75, 3.05) is 0 Å². The molecule has 0 radical (unpaired) electrons. The van der Waals surface area contributed by atoms with Gasteiger partial charge in [0.05, 0.1) is 0 Å². The second-order valence-electron chi connectivity index (χ2n) is 4.77. The largest absolute Gasteiger partial charge is 0.459 e. The van der Waals surface area contributed by atoms with Crippen LogP contribution in [0.4, 0.5) is 0 Å². The Kier molecular flexibility index (Phi) is 4.32. The average Bonchev–Trinajstić information content (AvgIpc) is 2.48. The maximum absolute atomic E-state index is 11.6.